The minimum atomic E-state index is 0.173. The van der Waals surface area contributed by atoms with E-state index >= 15 is 0 Å². The summed E-state index contributed by atoms with van der Waals surface area (Å²) in [6, 6.07) is 6.43. The van der Waals surface area contributed by atoms with Crippen molar-refractivity contribution in [2.24, 2.45) is 5.92 Å². The van der Waals surface area contributed by atoms with Gasteiger partial charge in [0.2, 0.25) is 5.91 Å². The predicted molar refractivity (Wildman–Crippen MR) is 78.2 cm³/mol. The Kier molecular flexibility index (Phi) is 4.97. The molecule has 1 aromatic carbocycles. The van der Waals surface area contributed by atoms with Crippen molar-refractivity contribution >= 4 is 5.91 Å². The second kappa shape index (κ2) is 6.71. The minimum Gasteiger partial charge on any atom is -0.356 e. The van der Waals surface area contributed by atoms with Crippen molar-refractivity contribution in [1.29, 1.82) is 0 Å². The number of carbonyl (C=O) groups is 1. The highest BCUT2D eigenvalue weighted by molar-refractivity contribution is 5.76. The Labute approximate surface area is 115 Å². The van der Waals surface area contributed by atoms with Gasteiger partial charge in [-0.15, -0.1) is 0 Å². The molecule has 1 unspecified atom stereocenters. The summed E-state index contributed by atoms with van der Waals surface area (Å²) in [4.78, 5) is 11.8. The van der Waals surface area contributed by atoms with Gasteiger partial charge in [-0.3, -0.25) is 4.79 Å². The largest absolute Gasteiger partial charge is 0.356 e. The van der Waals surface area contributed by atoms with Crippen LogP contribution in [-0.4, -0.2) is 25.5 Å². The molecule has 1 fully saturated rings. The highest BCUT2D eigenvalue weighted by Gasteiger charge is 2.15. The summed E-state index contributed by atoms with van der Waals surface area (Å²) in [6.45, 7) is 7.16. The fourth-order valence-corrected chi connectivity index (χ4v) is 2.61. The van der Waals surface area contributed by atoms with Crippen LogP contribution in [0.15, 0.2) is 18.2 Å². The molecule has 3 heteroatoms. The molecule has 1 aliphatic heterocycles. The van der Waals surface area contributed by atoms with E-state index in [1.807, 2.05) is 0 Å². The molecule has 0 radical (unpaired) electrons. The SMILES string of the molecule is Cc1ccc(CCC(=O)NCC2CCNC2)c(C)c1. The van der Waals surface area contributed by atoms with Crippen molar-refractivity contribution in [3.8, 4) is 0 Å². The molecular formula is C16H24N2O. The number of nitrogens with one attached hydrogen (secondary N) is 2. The van der Waals surface area contributed by atoms with Crippen LogP contribution < -0.4 is 10.6 Å². The maximum Gasteiger partial charge on any atom is 0.220 e. The van der Waals surface area contributed by atoms with Crippen LogP contribution in [0.2, 0.25) is 0 Å². The number of rotatable bonds is 5. The Balaban J connectivity index is 1.73. The zero-order chi connectivity index (χ0) is 13.7. The van der Waals surface area contributed by atoms with E-state index in [2.05, 4.69) is 42.7 Å². The lowest BCUT2D eigenvalue weighted by atomic mass is 10.0. The lowest BCUT2D eigenvalue weighted by Gasteiger charge is -2.11. The van der Waals surface area contributed by atoms with E-state index in [1.165, 1.54) is 23.1 Å². The fourth-order valence-electron chi connectivity index (χ4n) is 2.61. The van der Waals surface area contributed by atoms with Gasteiger partial charge in [-0.1, -0.05) is 23.8 Å². The van der Waals surface area contributed by atoms with Crippen LogP contribution >= 0.6 is 0 Å². The van der Waals surface area contributed by atoms with Gasteiger partial charge in [0.05, 0.1) is 0 Å². The summed E-state index contributed by atoms with van der Waals surface area (Å²) in [6.07, 6.45) is 2.60. The molecule has 0 spiro atoms. The lowest BCUT2D eigenvalue weighted by Crippen LogP contribution is -2.30. The van der Waals surface area contributed by atoms with Gasteiger partial charge >= 0.3 is 0 Å². The van der Waals surface area contributed by atoms with Crippen molar-refractivity contribution < 1.29 is 4.79 Å². The smallest absolute Gasteiger partial charge is 0.220 e. The highest BCUT2D eigenvalue weighted by atomic mass is 16.1. The van der Waals surface area contributed by atoms with Crippen LogP contribution in [0.4, 0.5) is 0 Å². The molecule has 1 heterocycles. The number of hydrogen-bond donors (Lipinski definition) is 2. The standard InChI is InChI=1S/C16H24N2O/c1-12-3-4-15(13(2)9-12)5-6-16(19)18-11-14-7-8-17-10-14/h3-4,9,14,17H,5-8,10-11H2,1-2H3,(H,18,19). The highest BCUT2D eigenvalue weighted by Crippen LogP contribution is 2.12. The van der Waals surface area contributed by atoms with Crippen molar-refractivity contribution in [1.82, 2.24) is 10.6 Å². The van der Waals surface area contributed by atoms with E-state index in [4.69, 9.17) is 0 Å². The fraction of sp³-hybridized carbons (Fsp3) is 0.562. The first-order valence-electron chi connectivity index (χ1n) is 7.18. The van der Waals surface area contributed by atoms with Crippen LogP contribution in [0, 0.1) is 19.8 Å². The monoisotopic (exact) mass is 260 g/mol. The number of amides is 1. The molecule has 1 saturated heterocycles. The zero-order valence-corrected chi connectivity index (χ0v) is 12.0. The van der Waals surface area contributed by atoms with Gasteiger partial charge in [0, 0.05) is 13.0 Å². The Morgan fingerprint density at radius 2 is 2.26 bits per heavy atom. The Bertz CT molecular complexity index is 436. The van der Waals surface area contributed by atoms with E-state index < -0.39 is 0 Å². The second-order valence-corrected chi connectivity index (χ2v) is 5.59. The van der Waals surface area contributed by atoms with Gasteiger partial charge in [-0.05, 0) is 56.8 Å². The summed E-state index contributed by atoms with van der Waals surface area (Å²) in [5.41, 5.74) is 3.84. The molecule has 0 bridgehead atoms. The van der Waals surface area contributed by atoms with Gasteiger partial charge in [0.1, 0.15) is 0 Å². The molecule has 19 heavy (non-hydrogen) atoms. The molecule has 3 nitrogen and oxygen atoms in total. The molecule has 0 aliphatic carbocycles. The third-order valence-electron chi connectivity index (χ3n) is 3.87. The minimum absolute atomic E-state index is 0.173. The Hall–Kier alpha value is -1.35. The first-order valence-corrected chi connectivity index (χ1v) is 7.18. The van der Waals surface area contributed by atoms with Gasteiger partial charge in [0.15, 0.2) is 0 Å². The van der Waals surface area contributed by atoms with Crippen LogP contribution in [-0.2, 0) is 11.2 Å². The number of carbonyl (C=O) groups excluding carboxylic acids is 1. The Morgan fingerprint density at radius 3 is 2.95 bits per heavy atom. The average molecular weight is 260 g/mol. The maximum atomic E-state index is 11.8. The van der Waals surface area contributed by atoms with Crippen LogP contribution in [0.5, 0.6) is 0 Å². The molecular weight excluding hydrogens is 236 g/mol. The lowest BCUT2D eigenvalue weighted by molar-refractivity contribution is -0.121. The number of hydrogen-bond acceptors (Lipinski definition) is 2. The topological polar surface area (TPSA) is 41.1 Å². The quantitative estimate of drug-likeness (QED) is 0.850. The summed E-state index contributed by atoms with van der Waals surface area (Å²) >= 11 is 0. The van der Waals surface area contributed by atoms with Crippen LogP contribution in [0.3, 0.4) is 0 Å². The molecule has 2 N–H and O–H groups in total. The normalized spacial score (nSPS) is 18.5. The molecule has 2 rings (SSSR count). The maximum absolute atomic E-state index is 11.8. The number of aryl methyl sites for hydroxylation is 3. The van der Waals surface area contributed by atoms with E-state index in [1.54, 1.807) is 0 Å². The average Bonchev–Trinajstić information content (AvgIpc) is 2.88. The third kappa shape index (κ3) is 4.35. The van der Waals surface area contributed by atoms with Crippen LogP contribution in [0.1, 0.15) is 29.5 Å². The van der Waals surface area contributed by atoms with Crippen molar-refractivity contribution in [2.75, 3.05) is 19.6 Å². The van der Waals surface area contributed by atoms with Crippen molar-refractivity contribution in [2.45, 2.75) is 33.1 Å². The van der Waals surface area contributed by atoms with Crippen LogP contribution in [0.25, 0.3) is 0 Å². The van der Waals surface area contributed by atoms with E-state index in [0.717, 1.165) is 26.1 Å². The first-order chi connectivity index (χ1) is 9.15. The van der Waals surface area contributed by atoms with Crippen molar-refractivity contribution in [3.63, 3.8) is 0 Å². The molecule has 0 saturated carbocycles. The molecule has 1 amide bonds. The third-order valence-corrected chi connectivity index (χ3v) is 3.87. The Morgan fingerprint density at radius 1 is 1.42 bits per heavy atom. The number of benzene rings is 1. The van der Waals surface area contributed by atoms with E-state index in [-0.39, 0.29) is 5.91 Å². The summed E-state index contributed by atoms with van der Waals surface area (Å²) in [5.74, 6) is 0.789. The molecule has 1 aromatic rings. The molecule has 104 valence electrons. The first kappa shape index (κ1) is 14.1. The second-order valence-electron chi connectivity index (χ2n) is 5.59. The predicted octanol–water partition coefficient (Wildman–Crippen LogP) is 1.96. The van der Waals surface area contributed by atoms with Gasteiger partial charge in [0.25, 0.3) is 0 Å². The molecule has 1 aliphatic rings. The summed E-state index contributed by atoms with van der Waals surface area (Å²) < 4.78 is 0. The van der Waals surface area contributed by atoms with Gasteiger partial charge < -0.3 is 10.6 Å². The zero-order valence-electron chi connectivity index (χ0n) is 12.0. The van der Waals surface area contributed by atoms with Gasteiger partial charge in [-0.2, -0.15) is 0 Å². The summed E-state index contributed by atoms with van der Waals surface area (Å²) in [7, 11) is 0. The molecule has 1 atom stereocenters. The summed E-state index contributed by atoms with van der Waals surface area (Å²) in [5, 5.41) is 6.36. The molecule has 0 aromatic heterocycles. The van der Waals surface area contributed by atoms with Crippen molar-refractivity contribution in [3.05, 3.63) is 34.9 Å². The van der Waals surface area contributed by atoms with Gasteiger partial charge in [-0.25, -0.2) is 0 Å². The van der Waals surface area contributed by atoms with E-state index in [9.17, 15) is 4.79 Å². The van der Waals surface area contributed by atoms with E-state index in [0.29, 0.717) is 12.3 Å².